The van der Waals surface area contributed by atoms with Crippen LogP contribution in [-0.4, -0.2) is 45.9 Å². The molecule has 2 fully saturated rings. The van der Waals surface area contributed by atoms with Crippen LogP contribution >= 0.6 is 0 Å². The van der Waals surface area contributed by atoms with Crippen LogP contribution in [0, 0.1) is 11.8 Å². The highest BCUT2D eigenvalue weighted by Gasteiger charge is 2.53. The van der Waals surface area contributed by atoms with Gasteiger partial charge in [0.05, 0.1) is 18.4 Å². The first-order valence-electron chi connectivity index (χ1n) is 10.3. The average Bonchev–Trinajstić information content (AvgIpc) is 3.36. The monoisotopic (exact) mass is 397 g/mol. The van der Waals surface area contributed by atoms with Crippen LogP contribution in [0.3, 0.4) is 0 Å². The maximum absolute atomic E-state index is 13.3. The molecule has 1 aliphatic carbocycles. The van der Waals surface area contributed by atoms with E-state index in [0.29, 0.717) is 24.7 Å². The van der Waals surface area contributed by atoms with Gasteiger partial charge in [-0.25, -0.2) is 0 Å². The smallest absolute Gasteiger partial charge is 0.272 e. The summed E-state index contributed by atoms with van der Waals surface area (Å²) >= 11 is 0. The van der Waals surface area contributed by atoms with Crippen LogP contribution in [-0.2, 0) is 18.1 Å². The van der Waals surface area contributed by atoms with Crippen LogP contribution in [0.2, 0.25) is 0 Å². The summed E-state index contributed by atoms with van der Waals surface area (Å²) in [5.41, 5.74) is 1.38. The van der Waals surface area contributed by atoms with Crippen molar-refractivity contribution in [3.05, 3.63) is 47.3 Å². The molecule has 2 heterocycles. The molecule has 0 unspecified atom stereocenters. The number of rotatable bonds is 3. The van der Waals surface area contributed by atoms with E-state index in [4.69, 9.17) is 4.74 Å². The standard InChI is InChI=1S/C23H31N3O3/c1-22(2,3)20-12-19(25(4)24-20)21(27)26-13-15-9-10-23(28,18(15)14-26)16-7-6-8-17(11-16)29-5/h6-8,11-12,15,18,28H,9-10,13-14H2,1-5H3/t15-,18+,23+/m1/s1. The van der Waals surface area contributed by atoms with E-state index in [1.807, 2.05) is 42.3 Å². The summed E-state index contributed by atoms with van der Waals surface area (Å²) in [7, 11) is 3.46. The lowest BCUT2D eigenvalue weighted by atomic mass is 9.82. The SMILES string of the molecule is COc1cccc([C@@]2(O)CC[C@@H]3CN(C(=O)c4cc(C(C)(C)C)nn4C)C[C@@H]32)c1. The largest absolute Gasteiger partial charge is 0.497 e. The molecular weight excluding hydrogens is 366 g/mol. The molecule has 1 saturated carbocycles. The van der Waals surface area contributed by atoms with Crippen LogP contribution in [0.25, 0.3) is 0 Å². The number of ether oxygens (including phenoxy) is 1. The van der Waals surface area contributed by atoms with Crippen molar-refractivity contribution in [1.82, 2.24) is 14.7 Å². The molecule has 1 aromatic carbocycles. The third-order valence-corrected chi connectivity index (χ3v) is 6.67. The molecule has 1 aliphatic heterocycles. The van der Waals surface area contributed by atoms with E-state index in [0.717, 1.165) is 29.8 Å². The van der Waals surface area contributed by atoms with Crippen molar-refractivity contribution in [3.8, 4) is 5.75 Å². The summed E-state index contributed by atoms with van der Waals surface area (Å²) in [6.07, 6.45) is 1.64. The maximum Gasteiger partial charge on any atom is 0.272 e. The average molecular weight is 398 g/mol. The summed E-state index contributed by atoms with van der Waals surface area (Å²) < 4.78 is 7.03. The minimum absolute atomic E-state index is 0.00195. The van der Waals surface area contributed by atoms with Gasteiger partial charge in [-0.15, -0.1) is 0 Å². The molecule has 1 aromatic heterocycles. The van der Waals surface area contributed by atoms with Gasteiger partial charge in [-0.3, -0.25) is 9.48 Å². The Kier molecular flexibility index (Phi) is 4.73. The van der Waals surface area contributed by atoms with Crippen LogP contribution in [0.4, 0.5) is 0 Å². The second-order valence-corrected chi connectivity index (χ2v) is 9.56. The Balaban J connectivity index is 1.57. The van der Waals surface area contributed by atoms with Crippen molar-refractivity contribution in [3.63, 3.8) is 0 Å². The molecule has 2 aromatic rings. The van der Waals surface area contributed by atoms with Crippen molar-refractivity contribution in [2.24, 2.45) is 18.9 Å². The first-order valence-corrected chi connectivity index (χ1v) is 10.3. The number of carbonyl (C=O) groups excluding carboxylic acids is 1. The molecule has 1 saturated heterocycles. The van der Waals surface area contributed by atoms with E-state index in [9.17, 15) is 9.90 Å². The van der Waals surface area contributed by atoms with Gasteiger partial charge in [0, 0.05) is 31.5 Å². The third-order valence-electron chi connectivity index (χ3n) is 6.67. The van der Waals surface area contributed by atoms with Gasteiger partial charge in [0.1, 0.15) is 11.4 Å². The number of amides is 1. The fourth-order valence-corrected chi connectivity index (χ4v) is 4.91. The summed E-state index contributed by atoms with van der Waals surface area (Å²) in [6.45, 7) is 7.54. The van der Waals surface area contributed by atoms with Gasteiger partial charge in [-0.2, -0.15) is 5.10 Å². The lowest BCUT2D eigenvalue weighted by Gasteiger charge is -2.31. The Bertz CT molecular complexity index is 930. The summed E-state index contributed by atoms with van der Waals surface area (Å²) in [5.74, 6) is 1.09. The molecule has 0 spiro atoms. The van der Waals surface area contributed by atoms with Crippen molar-refractivity contribution < 1.29 is 14.6 Å². The molecule has 2 aliphatic rings. The van der Waals surface area contributed by atoms with Gasteiger partial charge in [0.25, 0.3) is 5.91 Å². The number of methoxy groups -OCH3 is 1. The Morgan fingerprint density at radius 3 is 2.69 bits per heavy atom. The number of hydrogen-bond acceptors (Lipinski definition) is 4. The molecule has 6 heteroatoms. The number of hydrogen-bond donors (Lipinski definition) is 1. The zero-order valence-corrected chi connectivity index (χ0v) is 18.0. The summed E-state index contributed by atoms with van der Waals surface area (Å²) in [6, 6.07) is 9.60. The van der Waals surface area contributed by atoms with Gasteiger partial charge in [-0.05, 0) is 42.5 Å². The van der Waals surface area contributed by atoms with Crippen LogP contribution in [0.1, 0.15) is 55.4 Å². The molecule has 0 radical (unpaired) electrons. The number of aromatic nitrogens is 2. The van der Waals surface area contributed by atoms with E-state index in [2.05, 4.69) is 25.9 Å². The van der Waals surface area contributed by atoms with E-state index in [1.165, 1.54) is 0 Å². The quantitative estimate of drug-likeness (QED) is 0.864. The normalized spacial score (nSPS) is 26.6. The molecular formula is C23H31N3O3. The van der Waals surface area contributed by atoms with Crippen molar-refractivity contribution in [1.29, 1.82) is 0 Å². The molecule has 1 amide bonds. The summed E-state index contributed by atoms with van der Waals surface area (Å²) in [4.78, 5) is 15.1. The number of carbonyl (C=O) groups is 1. The highest BCUT2D eigenvalue weighted by Crippen LogP contribution is 2.51. The van der Waals surface area contributed by atoms with Crippen LogP contribution < -0.4 is 4.74 Å². The molecule has 1 N–H and O–H groups in total. The van der Waals surface area contributed by atoms with Crippen LogP contribution in [0.5, 0.6) is 5.75 Å². The topological polar surface area (TPSA) is 67.6 Å². The molecule has 6 nitrogen and oxygen atoms in total. The maximum atomic E-state index is 13.3. The molecule has 3 atom stereocenters. The summed E-state index contributed by atoms with van der Waals surface area (Å²) in [5, 5.41) is 16.1. The predicted octanol–water partition coefficient (Wildman–Crippen LogP) is 3.10. The minimum Gasteiger partial charge on any atom is -0.497 e. The number of likely N-dealkylation sites (tertiary alicyclic amines) is 1. The molecule has 29 heavy (non-hydrogen) atoms. The lowest BCUT2D eigenvalue weighted by Crippen LogP contribution is -2.37. The van der Waals surface area contributed by atoms with Gasteiger partial charge < -0.3 is 14.7 Å². The van der Waals surface area contributed by atoms with Crippen molar-refractivity contribution in [2.45, 2.75) is 44.6 Å². The number of aliphatic hydroxyl groups is 1. The van der Waals surface area contributed by atoms with Gasteiger partial charge in [0.2, 0.25) is 0 Å². The fourth-order valence-electron chi connectivity index (χ4n) is 4.91. The molecule has 0 bridgehead atoms. The Morgan fingerprint density at radius 1 is 1.28 bits per heavy atom. The number of nitrogens with zero attached hydrogens (tertiary/aromatic N) is 3. The molecule has 4 rings (SSSR count). The Labute approximate surface area is 172 Å². The second kappa shape index (κ2) is 6.87. The van der Waals surface area contributed by atoms with E-state index in [-0.39, 0.29) is 17.2 Å². The Morgan fingerprint density at radius 2 is 2.03 bits per heavy atom. The first-order chi connectivity index (χ1) is 13.6. The zero-order valence-electron chi connectivity index (χ0n) is 18.0. The Hall–Kier alpha value is -2.34. The van der Waals surface area contributed by atoms with Gasteiger partial charge in [0.15, 0.2) is 0 Å². The minimum atomic E-state index is -0.919. The lowest BCUT2D eigenvalue weighted by molar-refractivity contribution is -0.00609. The van der Waals surface area contributed by atoms with Gasteiger partial charge in [-0.1, -0.05) is 32.9 Å². The highest BCUT2D eigenvalue weighted by molar-refractivity contribution is 5.93. The number of benzene rings is 1. The fraction of sp³-hybridized carbons (Fsp3) is 0.565. The zero-order chi connectivity index (χ0) is 21.0. The first kappa shape index (κ1) is 20.0. The molecule has 156 valence electrons. The van der Waals surface area contributed by atoms with E-state index >= 15 is 0 Å². The van der Waals surface area contributed by atoms with E-state index < -0.39 is 5.60 Å². The second-order valence-electron chi connectivity index (χ2n) is 9.56. The van der Waals surface area contributed by atoms with Crippen molar-refractivity contribution in [2.75, 3.05) is 20.2 Å². The number of fused-ring (bicyclic) bond motifs is 1. The van der Waals surface area contributed by atoms with Gasteiger partial charge >= 0.3 is 0 Å². The van der Waals surface area contributed by atoms with E-state index in [1.54, 1.807) is 11.8 Å². The van der Waals surface area contributed by atoms with Crippen LogP contribution in [0.15, 0.2) is 30.3 Å². The van der Waals surface area contributed by atoms with Crippen molar-refractivity contribution >= 4 is 5.91 Å². The number of aryl methyl sites for hydroxylation is 1. The highest BCUT2D eigenvalue weighted by atomic mass is 16.5. The third kappa shape index (κ3) is 3.33. The predicted molar refractivity (Wildman–Crippen MR) is 111 cm³/mol.